The van der Waals surface area contributed by atoms with E-state index in [0.717, 1.165) is 5.56 Å². The fourth-order valence-electron chi connectivity index (χ4n) is 2.33. The maximum Gasteiger partial charge on any atom is 0.153 e. The Morgan fingerprint density at radius 2 is 1.95 bits per heavy atom. The Hall–Kier alpha value is -2.33. The second-order valence-electron chi connectivity index (χ2n) is 4.81. The van der Waals surface area contributed by atoms with Crippen molar-refractivity contribution in [3.05, 3.63) is 58.9 Å². The van der Waals surface area contributed by atoms with Crippen molar-refractivity contribution in [1.82, 2.24) is 10.2 Å². The minimum atomic E-state index is -0.288. The summed E-state index contributed by atoms with van der Waals surface area (Å²) in [6.45, 7) is 1.72. The number of aryl methyl sites for hydroxylation is 1. The number of nitrogens with one attached hydrogen (secondary N) is 1. The van der Waals surface area contributed by atoms with Gasteiger partial charge in [0.05, 0.1) is 11.3 Å². The molecule has 3 aromatic rings. The summed E-state index contributed by atoms with van der Waals surface area (Å²) in [5.74, 6) is 0.0256. The van der Waals surface area contributed by atoms with E-state index in [1.165, 1.54) is 0 Å². The van der Waals surface area contributed by atoms with Gasteiger partial charge in [0.2, 0.25) is 0 Å². The van der Waals surface area contributed by atoms with Gasteiger partial charge in [-0.3, -0.25) is 5.10 Å². The molecule has 0 aliphatic heterocycles. The Morgan fingerprint density at radius 1 is 1.19 bits per heavy atom. The minimum absolute atomic E-state index is 0.288. The summed E-state index contributed by atoms with van der Waals surface area (Å²) in [6, 6.07) is 12.5. The number of nitrogen functional groups attached to an aromatic ring is 1. The molecule has 0 aliphatic carbocycles. The lowest BCUT2D eigenvalue weighted by molar-refractivity contribution is 0.621. The first-order valence-corrected chi connectivity index (χ1v) is 6.81. The van der Waals surface area contributed by atoms with Gasteiger partial charge >= 0.3 is 0 Å². The molecule has 0 aliphatic rings. The molecule has 1 heterocycles. The van der Waals surface area contributed by atoms with Gasteiger partial charge < -0.3 is 5.73 Å². The quantitative estimate of drug-likeness (QED) is 0.736. The molecule has 5 heteroatoms. The number of halogens is 2. The van der Waals surface area contributed by atoms with Crippen LogP contribution in [0.25, 0.3) is 22.4 Å². The number of aromatic amines is 1. The van der Waals surface area contributed by atoms with Crippen molar-refractivity contribution in [1.29, 1.82) is 0 Å². The second-order valence-corrected chi connectivity index (χ2v) is 5.24. The van der Waals surface area contributed by atoms with E-state index in [1.54, 1.807) is 37.3 Å². The normalized spacial score (nSPS) is 10.8. The van der Waals surface area contributed by atoms with Crippen LogP contribution < -0.4 is 5.73 Å². The highest BCUT2D eigenvalue weighted by Crippen LogP contribution is 2.37. The van der Waals surface area contributed by atoms with Crippen LogP contribution in [-0.4, -0.2) is 10.2 Å². The van der Waals surface area contributed by atoms with Crippen LogP contribution in [0.1, 0.15) is 5.56 Å². The predicted molar refractivity (Wildman–Crippen MR) is 83.6 cm³/mol. The molecule has 21 heavy (non-hydrogen) atoms. The highest BCUT2D eigenvalue weighted by molar-refractivity contribution is 6.30. The Labute approximate surface area is 126 Å². The second kappa shape index (κ2) is 5.22. The van der Waals surface area contributed by atoms with Gasteiger partial charge in [-0.2, -0.15) is 5.10 Å². The number of aromatic nitrogens is 2. The lowest BCUT2D eigenvalue weighted by Gasteiger charge is -2.07. The van der Waals surface area contributed by atoms with E-state index in [9.17, 15) is 4.39 Å². The van der Waals surface area contributed by atoms with E-state index in [0.29, 0.717) is 33.2 Å². The smallest absolute Gasteiger partial charge is 0.153 e. The van der Waals surface area contributed by atoms with Crippen LogP contribution in [-0.2, 0) is 0 Å². The fourth-order valence-corrected chi connectivity index (χ4v) is 2.52. The van der Waals surface area contributed by atoms with Crippen LogP contribution in [0.2, 0.25) is 5.02 Å². The van der Waals surface area contributed by atoms with Crippen molar-refractivity contribution in [2.45, 2.75) is 6.92 Å². The van der Waals surface area contributed by atoms with Gasteiger partial charge in [0.1, 0.15) is 5.82 Å². The third-order valence-corrected chi connectivity index (χ3v) is 3.60. The lowest BCUT2D eigenvalue weighted by atomic mass is 9.99. The summed E-state index contributed by atoms with van der Waals surface area (Å²) in [6.07, 6.45) is 0. The molecule has 0 radical (unpaired) electrons. The van der Waals surface area contributed by atoms with E-state index in [2.05, 4.69) is 10.2 Å². The van der Waals surface area contributed by atoms with Gasteiger partial charge in [0, 0.05) is 10.6 Å². The number of hydrogen-bond donors (Lipinski definition) is 2. The zero-order chi connectivity index (χ0) is 15.0. The molecule has 1 aromatic heterocycles. The van der Waals surface area contributed by atoms with Crippen LogP contribution >= 0.6 is 11.6 Å². The molecule has 0 amide bonds. The Kier molecular flexibility index (Phi) is 3.39. The topological polar surface area (TPSA) is 54.7 Å². The monoisotopic (exact) mass is 301 g/mol. The summed E-state index contributed by atoms with van der Waals surface area (Å²) < 4.78 is 14.4. The maximum atomic E-state index is 14.4. The van der Waals surface area contributed by atoms with Crippen molar-refractivity contribution in [3.63, 3.8) is 0 Å². The summed E-state index contributed by atoms with van der Waals surface area (Å²) in [5.41, 5.74) is 8.95. The van der Waals surface area contributed by atoms with Gasteiger partial charge in [0.15, 0.2) is 5.82 Å². The van der Waals surface area contributed by atoms with Crippen molar-refractivity contribution in [2.24, 2.45) is 0 Å². The first-order valence-electron chi connectivity index (χ1n) is 6.43. The first-order chi connectivity index (χ1) is 10.1. The molecular weight excluding hydrogens is 289 g/mol. The summed E-state index contributed by atoms with van der Waals surface area (Å²) >= 11 is 6.02. The molecule has 0 saturated carbocycles. The maximum absolute atomic E-state index is 14.4. The van der Waals surface area contributed by atoms with Gasteiger partial charge in [-0.1, -0.05) is 35.9 Å². The molecule has 3 N–H and O–H groups in total. The first kappa shape index (κ1) is 13.6. The van der Waals surface area contributed by atoms with Crippen molar-refractivity contribution in [2.75, 3.05) is 5.73 Å². The number of rotatable bonds is 2. The van der Waals surface area contributed by atoms with Crippen LogP contribution in [0.3, 0.4) is 0 Å². The summed E-state index contributed by atoms with van der Waals surface area (Å²) in [4.78, 5) is 0. The van der Waals surface area contributed by atoms with Gasteiger partial charge in [0.25, 0.3) is 0 Å². The average molecular weight is 302 g/mol. The number of nitrogens with two attached hydrogens (primary N) is 1. The van der Waals surface area contributed by atoms with Gasteiger partial charge in [-0.15, -0.1) is 0 Å². The number of H-pyrrole nitrogens is 1. The molecule has 3 rings (SSSR count). The zero-order valence-electron chi connectivity index (χ0n) is 11.3. The minimum Gasteiger partial charge on any atom is -0.382 e. The van der Waals surface area contributed by atoms with E-state index in [-0.39, 0.29) is 5.82 Å². The molecule has 0 bridgehead atoms. The van der Waals surface area contributed by atoms with E-state index >= 15 is 0 Å². The molecule has 106 valence electrons. The highest BCUT2D eigenvalue weighted by atomic mass is 35.5. The fraction of sp³-hybridized carbons (Fsp3) is 0.0625. The molecule has 0 fully saturated rings. The van der Waals surface area contributed by atoms with E-state index in [4.69, 9.17) is 17.3 Å². The van der Waals surface area contributed by atoms with Crippen molar-refractivity contribution < 1.29 is 4.39 Å². The van der Waals surface area contributed by atoms with Gasteiger partial charge in [-0.25, -0.2) is 4.39 Å². The average Bonchev–Trinajstić information content (AvgIpc) is 2.83. The molecule has 3 nitrogen and oxygen atoms in total. The SMILES string of the molecule is Cc1cccc(-c2[nH]nc(N)c2-c2cccc(Cl)c2)c1F. The van der Waals surface area contributed by atoms with Crippen LogP contribution in [0, 0.1) is 12.7 Å². The molecule has 0 spiro atoms. The zero-order valence-corrected chi connectivity index (χ0v) is 12.1. The van der Waals surface area contributed by atoms with Crippen LogP contribution in [0.4, 0.5) is 10.2 Å². The lowest BCUT2D eigenvalue weighted by Crippen LogP contribution is -1.92. The Bertz CT molecular complexity index is 811. The highest BCUT2D eigenvalue weighted by Gasteiger charge is 2.18. The van der Waals surface area contributed by atoms with Crippen molar-refractivity contribution >= 4 is 17.4 Å². The van der Waals surface area contributed by atoms with Crippen molar-refractivity contribution in [3.8, 4) is 22.4 Å². The molecule has 0 unspecified atom stereocenters. The van der Waals surface area contributed by atoms with E-state index < -0.39 is 0 Å². The van der Waals surface area contributed by atoms with E-state index in [1.807, 2.05) is 12.1 Å². The van der Waals surface area contributed by atoms with Crippen LogP contribution in [0.15, 0.2) is 42.5 Å². The summed E-state index contributed by atoms with van der Waals surface area (Å²) in [7, 11) is 0. The molecular formula is C16H13ClFN3. The number of benzene rings is 2. The Balaban J connectivity index is 2.24. The third kappa shape index (κ3) is 2.38. The number of anilines is 1. The molecule has 2 aromatic carbocycles. The van der Waals surface area contributed by atoms with Crippen LogP contribution in [0.5, 0.6) is 0 Å². The van der Waals surface area contributed by atoms with Gasteiger partial charge in [-0.05, 0) is 36.2 Å². The largest absolute Gasteiger partial charge is 0.382 e. The Morgan fingerprint density at radius 3 is 2.71 bits per heavy atom. The third-order valence-electron chi connectivity index (χ3n) is 3.37. The summed E-state index contributed by atoms with van der Waals surface area (Å²) in [5, 5.41) is 7.42. The predicted octanol–water partition coefficient (Wildman–Crippen LogP) is 4.43. The standard InChI is InChI=1S/C16H13ClFN3/c1-9-4-2-7-12(14(9)18)15-13(16(19)21-20-15)10-5-3-6-11(17)8-10/h2-8H,1H3,(H3,19,20,21). The molecule has 0 saturated heterocycles. The molecule has 0 atom stereocenters. The number of nitrogens with zero attached hydrogens (tertiary/aromatic N) is 1. The number of hydrogen-bond acceptors (Lipinski definition) is 2.